The van der Waals surface area contributed by atoms with Gasteiger partial charge < -0.3 is 15.1 Å². The lowest BCUT2D eigenvalue weighted by atomic mass is 10.2. The number of anilines is 2. The van der Waals surface area contributed by atoms with Crippen LogP contribution in [0, 0.1) is 12.8 Å². The number of aromatic nitrogens is 2. The molecule has 0 aliphatic rings. The van der Waals surface area contributed by atoms with E-state index in [1.165, 1.54) is 0 Å². The maximum atomic E-state index is 5.55. The molecule has 6 heteroatoms. The van der Waals surface area contributed by atoms with Gasteiger partial charge in [-0.25, -0.2) is 0 Å². The van der Waals surface area contributed by atoms with E-state index in [0.717, 1.165) is 22.3 Å². The molecule has 0 aliphatic heterocycles. The molecule has 0 fully saturated rings. The summed E-state index contributed by atoms with van der Waals surface area (Å²) in [6.45, 7) is 7.86. The standard InChI is InChI=1S/C14H19BrN4O/c1-9(2)7-16-8-13-18-19-14(20-13)17-12-6-10(3)4-5-11(12)15/h4-6,9,16H,7-8H2,1-3H3,(H,17,19). The van der Waals surface area contributed by atoms with Crippen LogP contribution in [0.4, 0.5) is 11.7 Å². The van der Waals surface area contributed by atoms with E-state index < -0.39 is 0 Å². The van der Waals surface area contributed by atoms with Crippen LogP contribution >= 0.6 is 15.9 Å². The zero-order valence-electron chi connectivity index (χ0n) is 11.9. The summed E-state index contributed by atoms with van der Waals surface area (Å²) in [6.07, 6.45) is 0. The van der Waals surface area contributed by atoms with Crippen LogP contribution in [0.5, 0.6) is 0 Å². The van der Waals surface area contributed by atoms with E-state index in [1.54, 1.807) is 0 Å². The van der Waals surface area contributed by atoms with Crippen LogP contribution in [0.3, 0.4) is 0 Å². The molecule has 0 radical (unpaired) electrons. The predicted molar refractivity (Wildman–Crippen MR) is 83.0 cm³/mol. The lowest BCUT2D eigenvalue weighted by molar-refractivity contribution is 0.460. The van der Waals surface area contributed by atoms with E-state index in [4.69, 9.17) is 4.42 Å². The highest BCUT2D eigenvalue weighted by atomic mass is 79.9. The van der Waals surface area contributed by atoms with Gasteiger partial charge >= 0.3 is 6.01 Å². The summed E-state index contributed by atoms with van der Waals surface area (Å²) in [5.41, 5.74) is 2.07. The maximum Gasteiger partial charge on any atom is 0.320 e. The van der Waals surface area contributed by atoms with E-state index in [9.17, 15) is 0 Å². The summed E-state index contributed by atoms with van der Waals surface area (Å²) < 4.78 is 6.51. The van der Waals surface area contributed by atoms with Crippen molar-refractivity contribution in [2.45, 2.75) is 27.3 Å². The van der Waals surface area contributed by atoms with Crippen molar-refractivity contribution in [1.29, 1.82) is 0 Å². The normalized spacial score (nSPS) is 11.1. The van der Waals surface area contributed by atoms with Gasteiger partial charge in [0.15, 0.2) is 0 Å². The summed E-state index contributed by atoms with van der Waals surface area (Å²) in [5.74, 6) is 1.18. The first-order valence-corrected chi connectivity index (χ1v) is 7.40. The molecule has 5 nitrogen and oxygen atoms in total. The molecule has 2 rings (SSSR count). The average molecular weight is 339 g/mol. The molecule has 0 aliphatic carbocycles. The molecule has 1 aromatic heterocycles. The number of nitrogens with zero attached hydrogens (tertiary/aromatic N) is 2. The average Bonchev–Trinajstić information content (AvgIpc) is 2.81. The van der Waals surface area contributed by atoms with E-state index in [0.29, 0.717) is 24.4 Å². The Morgan fingerprint density at radius 3 is 2.85 bits per heavy atom. The highest BCUT2D eigenvalue weighted by Gasteiger charge is 2.08. The SMILES string of the molecule is Cc1ccc(Br)c(Nc2nnc(CNCC(C)C)o2)c1. The van der Waals surface area contributed by atoms with Crippen LogP contribution in [0.15, 0.2) is 27.1 Å². The summed E-state index contributed by atoms with van der Waals surface area (Å²) in [4.78, 5) is 0. The maximum absolute atomic E-state index is 5.55. The number of aryl methyl sites for hydroxylation is 1. The first-order valence-electron chi connectivity index (χ1n) is 6.61. The Kier molecular flexibility index (Phi) is 5.14. The zero-order chi connectivity index (χ0) is 14.5. The fraction of sp³-hybridized carbons (Fsp3) is 0.429. The molecule has 0 saturated carbocycles. The van der Waals surface area contributed by atoms with E-state index in [1.807, 2.05) is 25.1 Å². The van der Waals surface area contributed by atoms with Crippen molar-refractivity contribution in [3.63, 3.8) is 0 Å². The molecule has 0 spiro atoms. The molecule has 0 bridgehead atoms. The monoisotopic (exact) mass is 338 g/mol. The Morgan fingerprint density at radius 1 is 1.30 bits per heavy atom. The van der Waals surface area contributed by atoms with Crippen LogP contribution in [-0.4, -0.2) is 16.7 Å². The molecular weight excluding hydrogens is 320 g/mol. The number of hydrogen-bond donors (Lipinski definition) is 2. The van der Waals surface area contributed by atoms with Gasteiger partial charge in [0.05, 0.1) is 12.2 Å². The minimum atomic E-state index is 0.401. The molecule has 20 heavy (non-hydrogen) atoms. The number of rotatable bonds is 6. The van der Waals surface area contributed by atoms with Crippen molar-refractivity contribution >= 4 is 27.6 Å². The van der Waals surface area contributed by atoms with Gasteiger partial charge in [0.2, 0.25) is 5.89 Å². The van der Waals surface area contributed by atoms with Gasteiger partial charge in [-0.05, 0) is 53.0 Å². The van der Waals surface area contributed by atoms with Crippen LogP contribution in [0.25, 0.3) is 0 Å². The highest BCUT2D eigenvalue weighted by Crippen LogP contribution is 2.26. The summed E-state index contributed by atoms with van der Waals surface area (Å²) >= 11 is 3.49. The van der Waals surface area contributed by atoms with Crippen LogP contribution in [0.2, 0.25) is 0 Å². The van der Waals surface area contributed by atoms with Crippen molar-refractivity contribution in [3.8, 4) is 0 Å². The fourth-order valence-corrected chi connectivity index (χ4v) is 2.04. The lowest BCUT2D eigenvalue weighted by Crippen LogP contribution is -2.19. The minimum absolute atomic E-state index is 0.401. The van der Waals surface area contributed by atoms with Crippen molar-refractivity contribution in [2.24, 2.45) is 5.92 Å². The van der Waals surface area contributed by atoms with Gasteiger partial charge in [0, 0.05) is 4.47 Å². The number of benzene rings is 1. The minimum Gasteiger partial charge on any atom is -0.406 e. The number of nitrogens with one attached hydrogen (secondary N) is 2. The Hall–Kier alpha value is -1.40. The smallest absolute Gasteiger partial charge is 0.320 e. The van der Waals surface area contributed by atoms with Gasteiger partial charge in [0.1, 0.15) is 0 Å². The Balaban J connectivity index is 1.97. The first kappa shape index (κ1) is 15.0. The zero-order valence-corrected chi connectivity index (χ0v) is 13.5. The third kappa shape index (κ3) is 4.31. The topological polar surface area (TPSA) is 63.0 Å². The molecule has 1 aromatic carbocycles. The number of halogens is 1. The summed E-state index contributed by atoms with van der Waals surface area (Å²) in [7, 11) is 0. The second kappa shape index (κ2) is 6.85. The Labute approximate surface area is 127 Å². The Bertz CT molecular complexity index is 568. The molecular formula is C14H19BrN4O. The van der Waals surface area contributed by atoms with Gasteiger partial charge in [-0.2, -0.15) is 0 Å². The molecule has 0 amide bonds. The fourth-order valence-electron chi connectivity index (χ4n) is 1.69. The molecule has 108 valence electrons. The van der Waals surface area contributed by atoms with Gasteiger partial charge in [-0.15, -0.1) is 5.10 Å². The quantitative estimate of drug-likeness (QED) is 0.841. The highest BCUT2D eigenvalue weighted by molar-refractivity contribution is 9.10. The van der Waals surface area contributed by atoms with Gasteiger partial charge in [-0.3, -0.25) is 0 Å². The van der Waals surface area contributed by atoms with Gasteiger partial charge in [-0.1, -0.05) is 25.0 Å². The van der Waals surface area contributed by atoms with Crippen LogP contribution in [0.1, 0.15) is 25.3 Å². The second-order valence-electron chi connectivity index (χ2n) is 5.13. The van der Waals surface area contributed by atoms with E-state index in [2.05, 4.69) is 50.6 Å². The van der Waals surface area contributed by atoms with Crippen LogP contribution in [-0.2, 0) is 6.54 Å². The lowest BCUT2D eigenvalue weighted by Gasteiger charge is -2.05. The molecule has 0 atom stereocenters. The largest absolute Gasteiger partial charge is 0.406 e. The number of hydrogen-bond acceptors (Lipinski definition) is 5. The van der Waals surface area contributed by atoms with Crippen molar-refractivity contribution in [3.05, 3.63) is 34.1 Å². The van der Waals surface area contributed by atoms with Crippen molar-refractivity contribution in [1.82, 2.24) is 15.5 Å². The molecule has 2 aromatic rings. The third-order valence-electron chi connectivity index (χ3n) is 2.66. The summed E-state index contributed by atoms with van der Waals surface area (Å²) in [6, 6.07) is 6.44. The second-order valence-corrected chi connectivity index (χ2v) is 5.99. The van der Waals surface area contributed by atoms with Crippen LogP contribution < -0.4 is 10.6 Å². The van der Waals surface area contributed by atoms with E-state index >= 15 is 0 Å². The Morgan fingerprint density at radius 2 is 2.10 bits per heavy atom. The molecule has 0 unspecified atom stereocenters. The first-order chi connectivity index (χ1) is 9.54. The van der Waals surface area contributed by atoms with E-state index in [-0.39, 0.29) is 0 Å². The third-order valence-corrected chi connectivity index (χ3v) is 3.35. The van der Waals surface area contributed by atoms with Gasteiger partial charge in [0.25, 0.3) is 0 Å². The molecule has 0 saturated heterocycles. The predicted octanol–water partition coefficient (Wildman–Crippen LogP) is 3.63. The van der Waals surface area contributed by atoms with Crippen molar-refractivity contribution in [2.75, 3.05) is 11.9 Å². The molecule has 2 N–H and O–H groups in total. The summed E-state index contributed by atoms with van der Waals surface area (Å²) in [5, 5.41) is 14.4. The van der Waals surface area contributed by atoms with Crippen molar-refractivity contribution < 1.29 is 4.42 Å². The molecule has 1 heterocycles.